The number of hydrogen-bond acceptors (Lipinski definition) is 4. The number of imide groups is 1. The Morgan fingerprint density at radius 3 is 2.52 bits per heavy atom. The number of benzene rings is 1. The zero-order chi connectivity index (χ0) is 19.9. The number of anilines is 1. The van der Waals surface area contributed by atoms with E-state index in [-0.39, 0.29) is 27.4 Å². The van der Waals surface area contributed by atoms with Crippen LogP contribution in [0, 0.1) is 5.82 Å². The summed E-state index contributed by atoms with van der Waals surface area (Å²) >= 11 is 0.863. The van der Waals surface area contributed by atoms with Gasteiger partial charge in [0.1, 0.15) is 5.82 Å². The number of likely N-dealkylation sites (N-methyl/N-ethyl adjacent to an activating group) is 1. The molecule has 0 unspecified atom stereocenters. The molecule has 0 atom stereocenters. The van der Waals surface area contributed by atoms with Gasteiger partial charge in [-0.3, -0.25) is 14.5 Å². The summed E-state index contributed by atoms with van der Waals surface area (Å²) in [6.07, 6.45) is 4.65. The molecule has 2 aliphatic rings. The Morgan fingerprint density at radius 2 is 1.93 bits per heavy atom. The van der Waals surface area contributed by atoms with Crippen molar-refractivity contribution < 1.29 is 14.0 Å². The third kappa shape index (κ3) is 3.43. The van der Waals surface area contributed by atoms with Gasteiger partial charge in [0.15, 0.2) is 0 Å². The van der Waals surface area contributed by atoms with Crippen LogP contribution in [0.3, 0.4) is 0 Å². The van der Waals surface area contributed by atoms with E-state index >= 15 is 0 Å². The molecule has 1 aromatic rings. The maximum Gasteiger partial charge on any atom is 0.293 e. The van der Waals surface area contributed by atoms with E-state index in [1.165, 1.54) is 11.0 Å². The second-order valence-corrected chi connectivity index (χ2v) is 8.44. The van der Waals surface area contributed by atoms with Gasteiger partial charge in [-0.1, -0.05) is 13.0 Å². The average Bonchev–Trinajstić information content (AvgIpc) is 2.85. The van der Waals surface area contributed by atoms with E-state index < -0.39 is 0 Å². The number of rotatable bonds is 4. The summed E-state index contributed by atoms with van der Waals surface area (Å²) < 4.78 is 14.9. The summed E-state index contributed by atoms with van der Waals surface area (Å²) in [4.78, 5) is 27.9. The number of fused-ring (bicyclic) bond motifs is 1. The summed E-state index contributed by atoms with van der Waals surface area (Å²) in [5.41, 5.74) is 3.06. The van der Waals surface area contributed by atoms with Gasteiger partial charge >= 0.3 is 0 Å². The first-order valence-electron chi connectivity index (χ1n) is 9.26. The van der Waals surface area contributed by atoms with Crippen LogP contribution in [0.2, 0.25) is 0 Å². The van der Waals surface area contributed by atoms with Gasteiger partial charge in [-0.05, 0) is 69.7 Å². The second kappa shape index (κ2) is 7.15. The van der Waals surface area contributed by atoms with Crippen molar-refractivity contribution in [1.29, 1.82) is 0 Å². The molecule has 0 bridgehead atoms. The Balaban J connectivity index is 2.07. The Hall–Kier alpha value is -2.08. The van der Waals surface area contributed by atoms with Crippen LogP contribution in [0.15, 0.2) is 23.1 Å². The molecule has 1 saturated heterocycles. The van der Waals surface area contributed by atoms with Crippen LogP contribution in [0.1, 0.15) is 52.2 Å². The minimum atomic E-state index is -0.386. The van der Waals surface area contributed by atoms with Gasteiger partial charge in [-0.15, -0.1) is 0 Å². The summed E-state index contributed by atoms with van der Waals surface area (Å²) in [6.45, 7) is 11.3. The molecule has 0 spiro atoms. The fourth-order valence-corrected chi connectivity index (χ4v) is 4.67. The molecule has 3 rings (SSSR count). The van der Waals surface area contributed by atoms with Crippen molar-refractivity contribution in [3.63, 3.8) is 0 Å². The highest BCUT2D eigenvalue weighted by Gasteiger charge is 2.35. The Kier molecular flexibility index (Phi) is 5.21. The number of allylic oxidation sites excluding steroid dienone is 1. The van der Waals surface area contributed by atoms with Crippen LogP contribution in [-0.4, -0.2) is 34.7 Å². The quantitative estimate of drug-likeness (QED) is 0.657. The molecule has 0 saturated carbocycles. The van der Waals surface area contributed by atoms with Crippen LogP contribution in [0.25, 0.3) is 11.6 Å². The first-order chi connectivity index (χ1) is 12.7. The Labute approximate surface area is 164 Å². The van der Waals surface area contributed by atoms with Gasteiger partial charge < -0.3 is 4.90 Å². The topological polar surface area (TPSA) is 40.6 Å². The summed E-state index contributed by atoms with van der Waals surface area (Å²) in [6, 6.07) is 3.34. The predicted octanol–water partition coefficient (Wildman–Crippen LogP) is 5.29. The largest absolute Gasteiger partial charge is 0.362 e. The lowest BCUT2D eigenvalue weighted by Gasteiger charge is -2.43. The fourth-order valence-electron chi connectivity index (χ4n) is 3.77. The first-order valence-corrected chi connectivity index (χ1v) is 10.1. The molecule has 2 heterocycles. The number of carbonyl (C=O) groups is 2. The molecule has 0 aromatic heterocycles. The maximum absolute atomic E-state index is 14.9. The molecule has 0 radical (unpaired) electrons. The third-order valence-corrected chi connectivity index (χ3v) is 5.93. The average molecular weight is 389 g/mol. The van der Waals surface area contributed by atoms with Crippen molar-refractivity contribution in [3.05, 3.63) is 40.1 Å². The predicted molar refractivity (Wildman–Crippen MR) is 110 cm³/mol. The smallest absolute Gasteiger partial charge is 0.293 e. The second-order valence-electron chi connectivity index (χ2n) is 7.45. The number of nitrogens with zero attached hydrogens (tertiary/aromatic N) is 2. The van der Waals surface area contributed by atoms with Crippen molar-refractivity contribution in [1.82, 2.24) is 4.90 Å². The monoisotopic (exact) mass is 388 g/mol. The highest BCUT2D eigenvalue weighted by atomic mass is 32.2. The van der Waals surface area contributed by atoms with E-state index in [0.29, 0.717) is 12.1 Å². The summed E-state index contributed by atoms with van der Waals surface area (Å²) in [7, 11) is 0. The zero-order valence-corrected chi connectivity index (χ0v) is 17.2. The highest BCUT2D eigenvalue weighted by Crippen LogP contribution is 2.41. The molecule has 1 fully saturated rings. The number of amides is 2. The Morgan fingerprint density at radius 1 is 1.22 bits per heavy atom. The molecule has 0 N–H and O–H groups in total. The maximum atomic E-state index is 14.9. The molecular formula is C21H25FN2O2S. The van der Waals surface area contributed by atoms with Crippen LogP contribution < -0.4 is 4.90 Å². The van der Waals surface area contributed by atoms with Crippen LogP contribution in [-0.2, 0) is 4.79 Å². The molecule has 144 valence electrons. The normalized spacial score (nSPS) is 20.4. The lowest BCUT2D eigenvalue weighted by atomic mass is 9.87. The number of thioether (sulfide) groups is 1. The van der Waals surface area contributed by atoms with E-state index in [2.05, 4.69) is 31.7 Å². The van der Waals surface area contributed by atoms with E-state index in [4.69, 9.17) is 0 Å². The molecular weight excluding hydrogens is 363 g/mol. The van der Waals surface area contributed by atoms with Crippen molar-refractivity contribution in [2.24, 2.45) is 0 Å². The van der Waals surface area contributed by atoms with E-state index in [0.717, 1.165) is 41.6 Å². The molecule has 4 nitrogen and oxygen atoms in total. The fraction of sp³-hybridized carbons (Fsp3) is 0.429. The van der Waals surface area contributed by atoms with Gasteiger partial charge in [0, 0.05) is 29.9 Å². The lowest BCUT2D eigenvalue weighted by molar-refractivity contribution is -0.122. The molecule has 2 aliphatic heterocycles. The molecule has 6 heteroatoms. The van der Waals surface area contributed by atoms with E-state index in [9.17, 15) is 14.0 Å². The standard InChI is InChI=1S/C21H25FN2O2S/c1-6-8-24-17-11-16(22)14(9-15(17)13(3)12-21(24,4)5)10-18-19(25)23(7-2)20(26)27-18/h9-12H,6-8H2,1-5H3/b18-10+. The van der Waals surface area contributed by atoms with Crippen molar-refractivity contribution in [3.8, 4) is 0 Å². The van der Waals surface area contributed by atoms with E-state index in [1.54, 1.807) is 19.1 Å². The van der Waals surface area contributed by atoms with Gasteiger partial charge in [-0.25, -0.2) is 4.39 Å². The number of halogens is 1. The molecule has 0 aliphatic carbocycles. The zero-order valence-electron chi connectivity index (χ0n) is 16.4. The first kappa shape index (κ1) is 19.7. The molecule has 2 amide bonds. The van der Waals surface area contributed by atoms with Gasteiger partial charge in [0.05, 0.1) is 10.4 Å². The molecule has 1 aromatic carbocycles. The van der Waals surface area contributed by atoms with Crippen molar-refractivity contribution >= 4 is 40.2 Å². The van der Waals surface area contributed by atoms with Crippen molar-refractivity contribution in [2.75, 3.05) is 18.0 Å². The van der Waals surface area contributed by atoms with Crippen LogP contribution >= 0.6 is 11.8 Å². The summed E-state index contributed by atoms with van der Waals surface area (Å²) in [5, 5.41) is -0.306. The number of carbonyl (C=O) groups excluding carboxylic acids is 2. The van der Waals surface area contributed by atoms with Crippen LogP contribution in [0.5, 0.6) is 0 Å². The lowest BCUT2D eigenvalue weighted by Crippen LogP contribution is -2.45. The highest BCUT2D eigenvalue weighted by molar-refractivity contribution is 8.18. The minimum absolute atomic E-state index is 0.190. The third-order valence-electron chi connectivity index (χ3n) is 5.02. The Bertz CT molecular complexity index is 873. The number of hydrogen-bond donors (Lipinski definition) is 0. The SMILES string of the molecule is CCCN1c2cc(F)c(/C=C3/SC(=O)N(CC)C3=O)cc2C(C)=CC1(C)C. The van der Waals surface area contributed by atoms with Crippen molar-refractivity contribution in [2.45, 2.75) is 46.6 Å². The van der Waals surface area contributed by atoms with E-state index in [1.807, 2.05) is 6.92 Å². The summed E-state index contributed by atoms with van der Waals surface area (Å²) in [5.74, 6) is -0.741. The van der Waals surface area contributed by atoms with Gasteiger partial charge in [0.25, 0.3) is 11.1 Å². The minimum Gasteiger partial charge on any atom is -0.362 e. The van der Waals surface area contributed by atoms with Crippen LogP contribution in [0.4, 0.5) is 14.9 Å². The molecule has 27 heavy (non-hydrogen) atoms. The van der Waals surface area contributed by atoms with Gasteiger partial charge in [0.2, 0.25) is 0 Å². The van der Waals surface area contributed by atoms with Gasteiger partial charge in [-0.2, -0.15) is 0 Å².